The number of hydrogen-bond acceptors (Lipinski definition) is 2. The van der Waals surface area contributed by atoms with Gasteiger partial charge in [0.1, 0.15) is 0 Å². The Morgan fingerprint density at radius 2 is 2.00 bits per heavy atom. The first-order valence-electron chi connectivity index (χ1n) is 3.69. The van der Waals surface area contributed by atoms with Crippen LogP contribution in [0.2, 0.25) is 0 Å². The minimum Gasteiger partial charge on any atom is -0.378 e. The second kappa shape index (κ2) is 4.78. The van der Waals surface area contributed by atoms with E-state index in [4.69, 9.17) is 11.6 Å². The van der Waals surface area contributed by atoms with Crippen molar-refractivity contribution in [1.82, 2.24) is 0 Å². The minimum absolute atomic E-state index is 0.000481. The summed E-state index contributed by atoms with van der Waals surface area (Å²) in [6.45, 7) is 0.299. The van der Waals surface area contributed by atoms with Gasteiger partial charge < -0.3 is 5.32 Å². The second-order valence-electron chi connectivity index (χ2n) is 2.39. The fourth-order valence-corrected chi connectivity index (χ4v) is 0.898. The van der Waals surface area contributed by atoms with Gasteiger partial charge in [0.15, 0.2) is 5.78 Å². The van der Waals surface area contributed by atoms with Gasteiger partial charge in [0, 0.05) is 5.69 Å². The molecular formula is C9H10ClNO. The highest BCUT2D eigenvalue weighted by Gasteiger charge is 1.97. The highest BCUT2D eigenvalue weighted by atomic mass is 35.5. The minimum atomic E-state index is 0.000481. The molecule has 0 heterocycles. The standard InChI is InChI=1S/C9H10ClNO/c10-6-9(12)7-11-8-4-2-1-3-5-8/h1-5,11H,6-7H2. The van der Waals surface area contributed by atoms with Gasteiger partial charge >= 0.3 is 0 Å². The highest BCUT2D eigenvalue weighted by Crippen LogP contribution is 2.03. The van der Waals surface area contributed by atoms with E-state index in [1.54, 1.807) is 0 Å². The number of nitrogens with one attached hydrogen (secondary N) is 1. The maximum atomic E-state index is 10.8. The molecule has 12 heavy (non-hydrogen) atoms. The molecule has 1 N–H and O–H groups in total. The Kier molecular flexibility index (Phi) is 3.61. The molecule has 0 aliphatic rings. The molecule has 2 nitrogen and oxygen atoms in total. The summed E-state index contributed by atoms with van der Waals surface area (Å²) in [6, 6.07) is 9.55. The van der Waals surface area contributed by atoms with Crippen LogP contribution in [-0.2, 0) is 4.79 Å². The Morgan fingerprint density at radius 3 is 2.58 bits per heavy atom. The van der Waals surface area contributed by atoms with E-state index >= 15 is 0 Å². The number of carbonyl (C=O) groups is 1. The Hall–Kier alpha value is -1.02. The number of Topliss-reactive ketones (excluding diaryl/α,β-unsaturated/α-hetero) is 1. The van der Waals surface area contributed by atoms with E-state index in [9.17, 15) is 4.79 Å². The number of para-hydroxylation sites is 1. The Bertz CT molecular complexity index is 248. The van der Waals surface area contributed by atoms with E-state index in [1.807, 2.05) is 30.3 Å². The van der Waals surface area contributed by atoms with Crippen molar-refractivity contribution in [3.05, 3.63) is 30.3 Å². The van der Waals surface area contributed by atoms with Gasteiger partial charge in [0.2, 0.25) is 0 Å². The third-order valence-corrected chi connectivity index (χ3v) is 1.71. The third kappa shape index (κ3) is 2.93. The molecule has 0 amide bonds. The van der Waals surface area contributed by atoms with Gasteiger partial charge in [-0.3, -0.25) is 4.79 Å². The predicted molar refractivity (Wildman–Crippen MR) is 50.7 cm³/mol. The summed E-state index contributed by atoms with van der Waals surface area (Å²) in [6.07, 6.45) is 0. The molecule has 0 aliphatic carbocycles. The van der Waals surface area contributed by atoms with Crippen LogP contribution in [0, 0.1) is 0 Å². The van der Waals surface area contributed by atoms with Gasteiger partial charge in [-0.2, -0.15) is 0 Å². The first-order chi connectivity index (χ1) is 5.83. The van der Waals surface area contributed by atoms with E-state index < -0.39 is 0 Å². The normalized spacial score (nSPS) is 9.42. The van der Waals surface area contributed by atoms with Crippen LogP contribution in [0.5, 0.6) is 0 Å². The zero-order valence-corrected chi connectivity index (χ0v) is 7.34. The number of carbonyl (C=O) groups excluding carboxylic acids is 1. The van der Waals surface area contributed by atoms with Gasteiger partial charge in [-0.15, -0.1) is 11.6 Å². The average molecular weight is 184 g/mol. The van der Waals surface area contributed by atoms with E-state index in [1.165, 1.54) is 0 Å². The summed E-state index contributed by atoms with van der Waals surface area (Å²) in [7, 11) is 0. The van der Waals surface area contributed by atoms with Crippen LogP contribution in [0.25, 0.3) is 0 Å². The molecule has 0 fully saturated rings. The Balaban J connectivity index is 2.38. The average Bonchev–Trinajstić information content (AvgIpc) is 2.16. The topological polar surface area (TPSA) is 29.1 Å². The summed E-state index contributed by atoms with van der Waals surface area (Å²) in [4.78, 5) is 10.8. The molecule has 0 spiro atoms. The first kappa shape index (κ1) is 9.07. The SMILES string of the molecule is O=C(CCl)CNc1ccccc1. The molecule has 1 aromatic carbocycles. The van der Waals surface area contributed by atoms with Crippen molar-refractivity contribution in [3.63, 3.8) is 0 Å². The lowest BCUT2D eigenvalue weighted by Gasteiger charge is -2.02. The highest BCUT2D eigenvalue weighted by molar-refractivity contribution is 6.28. The first-order valence-corrected chi connectivity index (χ1v) is 4.23. The van der Waals surface area contributed by atoms with E-state index in [-0.39, 0.29) is 11.7 Å². The van der Waals surface area contributed by atoms with Crippen molar-refractivity contribution in [2.45, 2.75) is 0 Å². The van der Waals surface area contributed by atoms with Crippen molar-refractivity contribution < 1.29 is 4.79 Å². The zero-order valence-electron chi connectivity index (χ0n) is 6.59. The Morgan fingerprint density at radius 1 is 1.33 bits per heavy atom. The summed E-state index contributed by atoms with van der Waals surface area (Å²) < 4.78 is 0. The number of alkyl halides is 1. The van der Waals surface area contributed by atoms with Crippen LogP contribution in [0.4, 0.5) is 5.69 Å². The fraction of sp³-hybridized carbons (Fsp3) is 0.222. The van der Waals surface area contributed by atoms with Gasteiger partial charge in [0.25, 0.3) is 0 Å². The van der Waals surface area contributed by atoms with Crippen molar-refractivity contribution in [1.29, 1.82) is 0 Å². The summed E-state index contributed by atoms with van der Waals surface area (Å²) in [5.74, 6) is 0.0698. The maximum absolute atomic E-state index is 10.8. The number of rotatable bonds is 4. The molecule has 0 atom stereocenters. The van der Waals surface area contributed by atoms with Gasteiger partial charge in [0.05, 0.1) is 12.4 Å². The number of hydrogen-bond donors (Lipinski definition) is 1. The van der Waals surface area contributed by atoms with Crippen LogP contribution < -0.4 is 5.32 Å². The molecule has 3 heteroatoms. The fourth-order valence-electron chi connectivity index (χ4n) is 0.804. The van der Waals surface area contributed by atoms with Crippen LogP contribution in [0.15, 0.2) is 30.3 Å². The van der Waals surface area contributed by atoms with Crippen molar-refractivity contribution >= 4 is 23.1 Å². The molecule has 0 radical (unpaired) electrons. The molecule has 0 unspecified atom stereocenters. The number of ketones is 1. The molecule has 0 aromatic heterocycles. The molecule has 1 rings (SSSR count). The molecule has 0 saturated heterocycles. The number of anilines is 1. The summed E-state index contributed by atoms with van der Waals surface area (Å²) in [5.41, 5.74) is 0.941. The maximum Gasteiger partial charge on any atom is 0.166 e. The third-order valence-electron chi connectivity index (χ3n) is 1.41. The van der Waals surface area contributed by atoms with Crippen LogP contribution in [-0.4, -0.2) is 18.2 Å². The molecule has 0 aliphatic heterocycles. The van der Waals surface area contributed by atoms with Crippen LogP contribution in [0.1, 0.15) is 0 Å². The largest absolute Gasteiger partial charge is 0.378 e. The quantitative estimate of drug-likeness (QED) is 0.723. The number of halogens is 1. The lowest BCUT2D eigenvalue weighted by Crippen LogP contribution is -2.14. The van der Waals surface area contributed by atoms with Crippen molar-refractivity contribution in [3.8, 4) is 0 Å². The lowest BCUT2D eigenvalue weighted by atomic mass is 10.3. The Labute approximate surface area is 76.5 Å². The predicted octanol–water partition coefficient (Wildman–Crippen LogP) is 1.91. The van der Waals surface area contributed by atoms with Crippen molar-refractivity contribution in [2.75, 3.05) is 17.7 Å². The van der Waals surface area contributed by atoms with E-state index in [0.717, 1.165) is 5.69 Å². The molecule has 1 aromatic rings. The molecule has 0 saturated carbocycles. The zero-order chi connectivity index (χ0) is 8.81. The van der Waals surface area contributed by atoms with Gasteiger partial charge in [-0.25, -0.2) is 0 Å². The van der Waals surface area contributed by atoms with Crippen LogP contribution >= 0.6 is 11.6 Å². The smallest absolute Gasteiger partial charge is 0.166 e. The van der Waals surface area contributed by atoms with Crippen molar-refractivity contribution in [2.24, 2.45) is 0 Å². The number of benzene rings is 1. The van der Waals surface area contributed by atoms with Crippen LogP contribution in [0.3, 0.4) is 0 Å². The second-order valence-corrected chi connectivity index (χ2v) is 2.66. The van der Waals surface area contributed by atoms with Gasteiger partial charge in [-0.05, 0) is 12.1 Å². The van der Waals surface area contributed by atoms with Gasteiger partial charge in [-0.1, -0.05) is 18.2 Å². The molecular weight excluding hydrogens is 174 g/mol. The molecule has 64 valence electrons. The van der Waals surface area contributed by atoms with E-state index in [2.05, 4.69) is 5.32 Å². The summed E-state index contributed by atoms with van der Waals surface area (Å²) >= 11 is 5.33. The molecule has 0 bridgehead atoms. The summed E-state index contributed by atoms with van der Waals surface area (Å²) in [5, 5.41) is 2.96. The van der Waals surface area contributed by atoms with E-state index in [0.29, 0.717) is 6.54 Å². The monoisotopic (exact) mass is 183 g/mol. The lowest BCUT2D eigenvalue weighted by molar-refractivity contribution is -0.115.